The van der Waals surface area contributed by atoms with E-state index in [1.807, 2.05) is 0 Å². The molecule has 3 heteroatoms. The van der Waals surface area contributed by atoms with E-state index in [2.05, 4.69) is 18.3 Å². The number of nitrogens with zero attached hydrogens (tertiary/aromatic N) is 1. The van der Waals surface area contributed by atoms with Crippen LogP contribution in [0.25, 0.3) is 0 Å². The molecule has 1 N–H and O–H groups in total. The summed E-state index contributed by atoms with van der Waals surface area (Å²) in [7, 11) is 0. The van der Waals surface area contributed by atoms with Crippen molar-refractivity contribution in [1.82, 2.24) is 5.32 Å². The minimum atomic E-state index is 0. The molecule has 1 rings (SSSR count). The van der Waals surface area contributed by atoms with Crippen LogP contribution in [-0.4, -0.2) is 12.6 Å². The van der Waals surface area contributed by atoms with Crippen LogP contribution < -0.4 is 5.32 Å². The fraction of sp³-hybridized carbons (Fsp3) is 0.857. The summed E-state index contributed by atoms with van der Waals surface area (Å²) in [6.07, 6.45) is 2.23. The van der Waals surface area contributed by atoms with E-state index in [9.17, 15) is 0 Å². The Bertz CT molecular complexity index is 130. The van der Waals surface area contributed by atoms with Gasteiger partial charge in [0, 0.05) is 6.04 Å². The molecule has 1 aliphatic rings. The first kappa shape index (κ1) is 9.74. The van der Waals surface area contributed by atoms with Gasteiger partial charge in [-0.3, -0.25) is 0 Å². The third-order valence-corrected chi connectivity index (χ3v) is 1.93. The number of piperidine rings is 1. The van der Waals surface area contributed by atoms with E-state index in [1.54, 1.807) is 0 Å². The molecule has 0 unspecified atom stereocenters. The zero-order valence-corrected chi connectivity index (χ0v) is 6.95. The summed E-state index contributed by atoms with van der Waals surface area (Å²) in [5.41, 5.74) is 0. The monoisotopic (exact) mass is 160 g/mol. The molecule has 2 nitrogen and oxygen atoms in total. The summed E-state index contributed by atoms with van der Waals surface area (Å²) in [5, 5.41) is 11.8. The number of hydrogen-bond donors (Lipinski definition) is 1. The number of halogens is 1. The Morgan fingerprint density at radius 3 is 2.70 bits per heavy atom. The van der Waals surface area contributed by atoms with Crippen LogP contribution in [0.3, 0.4) is 0 Å². The number of hydrogen-bond acceptors (Lipinski definition) is 2. The Hall–Kier alpha value is -0.260. The average molecular weight is 161 g/mol. The maximum absolute atomic E-state index is 8.57. The molecule has 1 fully saturated rings. The van der Waals surface area contributed by atoms with Crippen molar-refractivity contribution >= 4 is 12.4 Å². The third-order valence-electron chi connectivity index (χ3n) is 1.93. The van der Waals surface area contributed by atoms with E-state index in [1.165, 1.54) is 0 Å². The summed E-state index contributed by atoms with van der Waals surface area (Å²) >= 11 is 0. The molecule has 0 aromatic heterocycles. The van der Waals surface area contributed by atoms with Crippen molar-refractivity contribution in [3.8, 4) is 6.07 Å². The lowest BCUT2D eigenvalue weighted by Gasteiger charge is -2.24. The smallest absolute Gasteiger partial charge is 0.0672 e. The van der Waals surface area contributed by atoms with Crippen LogP contribution in [0.4, 0.5) is 0 Å². The van der Waals surface area contributed by atoms with Gasteiger partial charge in [0.1, 0.15) is 0 Å². The lowest BCUT2D eigenvalue weighted by molar-refractivity contribution is 0.355. The Kier molecular flexibility index (Phi) is 4.42. The van der Waals surface area contributed by atoms with Gasteiger partial charge in [0.2, 0.25) is 0 Å². The molecule has 0 aliphatic carbocycles. The molecule has 0 saturated carbocycles. The number of nitriles is 1. The van der Waals surface area contributed by atoms with Gasteiger partial charge in [0.05, 0.1) is 12.0 Å². The molecule has 0 aromatic carbocycles. The van der Waals surface area contributed by atoms with Crippen LogP contribution in [0.2, 0.25) is 0 Å². The predicted molar refractivity (Wildman–Crippen MR) is 43.0 cm³/mol. The van der Waals surface area contributed by atoms with Gasteiger partial charge in [-0.05, 0) is 26.3 Å². The van der Waals surface area contributed by atoms with E-state index in [-0.39, 0.29) is 18.3 Å². The van der Waals surface area contributed by atoms with E-state index >= 15 is 0 Å². The van der Waals surface area contributed by atoms with Gasteiger partial charge in [-0.15, -0.1) is 12.4 Å². The Balaban J connectivity index is 0.000000810. The molecular weight excluding hydrogens is 148 g/mol. The van der Waals surface area contributed by atoms with Gasteiger partial charge < -0.3 is 5.32 Å². The Morgan fingerprint density at radius 1 is 1.60 bits per heavy atom. The number of rotatable bonds is 0. The van der Waals surface area contributed by atoms with E-state index < -0.39 is 0 Å². The van der Waals surface area contributed by atoms with Crippen molar-refractivity contribution < 1.29 is 0 Å². The second kappa shape index (κ2) is 4.54. The summed E-state index contributed by atoms with van der Waals surface area (Å²) in [4.78, 5) is 0. The fourth-order valence-electron chi connectivity index (χ4n) is 1.22. The van der Waals surface area contributed by atoms with Crippen molar-refractivity contribution in [1.29, 1.82) is 5.26 Å². The topological polar surface area (TPSA) is 35.8 Å². The van der Waals surface area contributed by atoms with Gasteiger partial charge >= 0.3 is 0 Å². The summed E-state index contributed by atoms with van der Waals surface area (Å²) in [6, 6.07) is 2.70. The standard InChI is InChI=1S/C7H12N2.ClH/c1-6-7(5-8)3-2-4-9-6;/h6-7,9H,2-4H2,1H3;1H/t6-,7-;/m1./s1. The van der Waals surface area contributed by atoms with Crippen molar-refractivity contribution in [3.05, 3.63) is 0 Å². The van der Waals surface area contributed by atoms with Crippen molar-refractivity contribution in [2.24, 2.45) is 5.92 Å². The van der Waals surface area contributed by atoms with E-state index in [0.717, 1.165) is 19.4 Å². The average Bonchev–Trinajstić information content (AvgIpc) is 1.89. The molecule has 0 aromatic rings. The normalized spacial score (nSPS) is 32.0. The van der Waals surface area contributed by atoms with Crippen LogP contribution in [0.1, 0.15) is 19.8 Å². The SMILES string of the molecule is C[C@H]1NCCC[C@@H]1C#N.Cl. The molecule has 58 valence electrons. The van der Waals surface area contributed by atoms with Crippen molar-refractivity contribution in [2.75, 3.05) is 6.54 Å². The molecule has 0 amide bonds. The van der Waals surface area contributed by atoms with Crippen molar-refractivity contribution in [3.63, 3.8) is 0 Å². The van der Waals surface area contributed by atoms with E-state index in [4.69, 9.17) is 5.26 Å². The third kappa shape index (κ3) is 2.17. The van der Waals surface area contributed by atoms with Gasteiger partial charge in [0.25, 0.3) is 0 Å². The zero-order chi connectivity index (χ0) is 6.69. The summed E-state index contributed by atoms with van der Waals surface area (Å²) < 4.78 is 0. The largest absolute Gasteiger partial charge is 0.313 e. The van der Waals surface area contributed by atoms with Crippen LogP contribution >= 0.6 is 12.4 Å². The van der Waals surface area contributed by atoms with Gasteiger partial charge in [-0.1, -0.05) is 0 Å². The minimum absolute atomic E-state index is 0. The Morgan fingerprint density at radius 2 is 2.30 bits per heavy atom. The molecule has 1 saturated heterocycles. The molecule has 0 spiro atoms. The maximum Gasteiger partial charge on any atom is 0.0672 e. The molecule has 2 atom stereocenters. The first-order valence-corrected chi connectivity index (χ1v) is 3.47. The van der Waals surface area contributed by atoms with Crippen LogP contribution in [0.5, 0.6) is 0 Å². The maximum atomic E-state index is 8.57. The second-order valence-electron chi connectivity index (χ2n) is 2.62. The fourth-order valence-corrected chi connectivity index (χ4v) is 1.22. The summed E-state index contributed by atoms with van der Waals surface area (Å²) in [5.74, 6) is 0.249. The quantitative estimate of drug-likeness (QED) is 0.580. The van der Waals surface area contributed by atoms with E-state index in [0.29, 0.717) is 6.04 Å². The molecule has 10 heavy (non-hydrogen) atoms. The molecule has 0 bridgehead atoms. The molecule has 0 radical (unpaired) electrons. The van der Waals surface area contributed by atoms with Gasteiger partial charge in [0.15, 0.2) is 0 Å². The highest BCUT2D eigenvalue weighted by Gasteiger charge is 2.19. The van der Waals surface area contributed by atoms with Crippen LogP contribution in [0, 0.1) is 17.2 Å². The van der Waals surface area contributed by atoms with Gasteiger partial charge in [-0.25, -0.2) is 0 Å². The highest BCUT2D eigenvalue weighted by molar-refractivity contribution is 5.85. The molecular formula is C7H13ClN2. The Labute approximate surface area is 68.0 Å². The van der Waals surface area contributed by atoms with Gasteiger partial charge in [-0.2, -0.15) is 5.26 Å². The molecule has 1 heterocycles. The number of nitrogens with one attached hydrogen (secondary N) is 1. The highest BCUT2D eigenvalue weighted by Crippen LogP contribution is 2.13. The lowest BCUT2D eigenvalue weighted by Crippen LogP contribution is -2.38. The zero-order valence-electron chi connectivity index (χ0n) is 6.13. The first-order chi connectivity index (χ1) is 4.34. The summed E-state index contributed by atoms with van der Waals surface area (Å²) in [6.45, 7) is 3.16. The predicted octanol–water partition coefficient (Wildman–Crippen LogP) is 1.32. The van der Waals surface area contributed by atoms with Crippen LogP contribution in [-0.2, 0) is 0 Å². The van der Waals surface area contributed by atoms with Crippen LogP contribution in [0.15, 0.2) is 0 Å². The highest BCUT2D eigenvalue weighted by atomic mass is 35.5. The lowest BCUT2D eigenvalue weighted by atomic mass is 9.94. The molecule has 1 aliphatic heterocycles. The minimum Gasteiger partial charge on any atom is -0.313 e. The van der Waals surface area contributed by atoms with Crippen molar-refractivity contribution in [2.45, 2.75) is 25.8 Å². The second-order valence-corrected chi connectivity index (χ2v) is 2.62. The first-order valence-electron chi connectivity index (χ1n) is 3.47.